The van der Waals surface area contributed by atoms with E-state index in [4.69, 9.17) is 0 Å². The first-order valence-corrected chi connectivity index (χ1v) is 11.6. The fourth-order valence-electron chi connectivity index (χ4n) is 5.73. The topological polar surface area (TPSA) is 72.8 Å². The molecular weight excluding hydrogens is 364 g/mol. The Labute approximate surface area is 174 Å². The van der Waals surface area contributed by atoms with Crippen LogP contribution in [0.3, 0.4) is 0 Å². The maximum absolute atomic E-state index is 13.2. The van der Waals surface area contributed by atoms with Gasteiger partial charge in [-0.05, 0) is 49.1 Å². The average Bonchev–Trinajstić information content (AvgIpc) is 2.75. The number of hydrogen-bond donors (Lipinski definition) is 3. The van der Waals surface area contributed by atoms with Gasteiger partial charge in [0.1, 0.15) is 5.60 Å². The average molecular weight is 401 g/mol. The first-order chi connectivity index (χ1) is 14.1. The maximum Gasteiger partial charge on any atom is 0.237 e. The fourth-order valence-corrected chi connectivity index (χ4v) is 5.73. The zero-order chi connectivity index (χ0) is 20.3. The Balaban J connectivity index is 1.43. The van der Waals surface area contributed by atoms with Gasteiger partial charge < -0.3 is 20.4 Å². The lowest BCUT2D eigenvalue weighted by molar-refractivity contribution is -0.135. The molecular formula is C24H36N2O3. The molecule has 0 bridgehead atoms. The second kappa shape index (κ2) is 9.15. The molecule has 3 N–H and O–H groups in total. The van der Waals surface area contributed by atoms with Gasteiger partial charge in [0, 0.05) is 13.1 Å². The molecule has 1 heterocycles. The molecule has 4 rings (SSSR count). The molecule has 160 valence electrons. The molecule has 0 spiro atoms. The third-order valence-corrected chi connectivity index (χ3v) is 7.41. The highest BCUT2D eigenvalue weighted by atomic mass is 16.3. The summed E-state index contributed by atoms with van der Waals surface area (Å²) in [6.45, 7) is 1.27. The van der Waals surface area contributed by atoms with Crippen LogP contribution in [-0.2, 0) is 11.2 Å². The number of aliphatic hydroxyl groups is 2. The van der Waals surface area contributed by atoms with Crippen molar-refractivity contribution in [2.24, 2.45) is 5.92 Å². The van der Waals surface area contributed by atoms with Crippen molar-refractivity contribution >= 4 is 5.91 Å². The monoisotopic (exact) mass is 400 g/mol. The van der Waals surface area contributed by atoms with Crippen LogP contribution < -0.4 is 5.32 Å². The summed E-state index contributed by atoms with van der Waals surface area (Å²) in [7, 11) is 0. The van der Waals surface area contributed by atoms with Crippen LogP contribution in [0.2, 0.25) is 0 Å². The van der Waals surface area contributed by atoms with Gasteiger partial charge in [-0.3, -0.25) is 4.79 Å². The van der Waals surface area contributed by atoms with E-state index in [9.17, 15) is 15.0 Å². The molecule has 2 saturated carbocycles. The minimum atomic E-state index is -1.10. The van der Waals surface area contributed by atoms with E-state index in [-0.39, 0.29) is 25.0 Å². The number of amides is 1. The summed E-state index contributed by atoms with van der Waals surface area (Å²) in [4.78, 5) is 15.3. The number of nitrogens with one attached hydrogen (secondary N) is 1. The predicted octanol–water partition coefficient (Wildman–Crippen LogP) is 2.95. The Morgan fingerprint density at radius 3 is 2.66 bits per heavy atom. The number of benzene rings is 1. The quantitative estimate of drug-likeness (QED) is 0.711. The van der Waals surface area contributed by atoms with E-state index >= 15 is 0 Å². The van der Waals surface area contributed by atoms with Crippen LogP contribution in [0.25, 0.3) is 0 Å². The number of nitrogens with zero attached hydrogens (tertiary/aromatic N) is 1. The number of fused-ring (bicyclic) bond motifs is 1. The molecule has 5 heteroatoms. The first kappa shape index (κ1) is 20.8. The second-order valence-electron chi connectivity index (χ2n) is 9.35. The molecule has 1 aromatic carbocycles. The standard InChI is InChI=1S/C24H36N2O3/c27-21-12-6-7-14-24(21,29)17-25-16-22(28)26-15-13-18-8-4-5-11-20(18)23(26)19-9-2-1-3-10-19/h4-5,8,11,19,21,23,25,27,29H,1-3,6-7,9-10,12-17H2. The van der Waals surface area contributed by atoms with Gasteiger partial charge in [-0.25, -0.2) is 0 Å². The summed E-state index contributed by atoms with van der Waals surface area (Å²) < 4.78 is 0. The predicted molar refractivity (Wildman–Crippen MR) is 113 cm³/mol. The molecule has 3 atom stereocenters. The van der Waals surface area contributed by atoms with Crippen LogP contribution in [0.15, 0.2) is 24.3 Å². The van der Waals surface area contributed by atoms with Gasteiger partial charge in [0.15, 0.2) is 0 Å². The van der Waals surface area contributed by atoms with Gasteiger partial charge in [-0.2, -0.15) is 0 Å². The molecule has 0 saturated heterocycles. The van der Waals surface area contributed by atoms with Crippen molar-refractivity contribution in [1.29, 1.82) is 0 Å². The van der Waals surface area contributed by atoms with Crippen molar-refractivity contribution in [2.45, 2.75) is 82.0 Å². The molecule has 29 heavy (non-hydrogen) atoms. The van der Waals surface area contributed by atoms with Crippen LogP contribution in [0.5, 0.6) is 0 Å². The van der Waals surface area contributed by atoms with Crippen molar-refractivity contribution in [2.75, 3.05) is 19.6 Å². The van der Waals surface area contributed by atoms with E-state index in [1.54, 1.807) is 0 Å². The summed E-state index contributed by atoms with van der Waals surface area (Å²) >= 11 is 0. The van der Waals surface area contributed by atoms with Crippen LogP contribution in [0, 0.1) is 5.92 Å². The van der Waals surface area contributed by atoms with Crippen LogP contribution >= 0.6 is 0 Å². The lowest BCUT2D eigenvalue weighted by Crippen LogP contribution is -2.54. The number of rotatable bonds is 5. The molecule has 2 fully saturated rings. The van der Waals surface area contributed by atoms with E-state index in [2.05, 4.69) is 34.5 Å². The summed E-state index contributed by atoms with van der Waals surface area (Å²) in [5.41, 5.74) is 1.62. The number of hydrogen-bond acceptors (Lipinski definition) is 4. The Morgan fingerprint density at radius 2 is 1.86 bits per heavy atom. The van der Waals surface area contributed by atoms with E-state index in [1.165, 1.54) is 43.2 Å². The largest absolute Gasteiger partial charge is 0.390 e. The number of aliphatic hydroxyl groups excluding tert-OH is 1. The van der Waals surface area contributed by atoms with Crippen molar-refractivity contribution in [1.82, 2.24) is 10.2 Å². The third-order valence-electron chi connectivity index (χ3n) is 7.41. The van der Waals surface area contributed by atoms with Gasteiger partial charge >= 0.3 is 0 Å². The zero-order valence-electron chi connectivity index (χ0n) is 17.5. The normalized spacial score (nSPS) is 30.8. The lowest BCUT2D eigenvalue weighted by Gasteiger charge is -2.43. The molecule has 1 aliphatic heterocycles. The molecule has 2 aliphatic carbocycles. The Bertz CT molecular complexity index is 703. The van der Waals surface area contributed by atoms with Crippen molar-refractivity contribution < 1.29 is 15.0 Å². The Morgan fingerprint density at radius 1 is 1.10 bits per heavy atom. The molecule has 3 aliphatic rings. The smallest absolute Gasteiger partial charge is 0.237 e. The van der Waals surface area contributed by atoms with Crippen LogP contribution in [0.4, 0.5) is 0 Å². The molecule has 1 aromatic rings. The minimum Gasteiger partial charge on any atom is -0.390 e. The highest BCUT2D eigenvalue weighted by Gasteiger charge is 2.39. The first-order valence-electron chi connectivity index (χ1n) is 11.6. The van der Waals surface area contributed by atoms with Gasteiger partial charge in [0.25, 0.3) is 0 Å². The van der Waals surface area contributed by atoms with E-state index in [1.807, 2.05) is 0 Å². The molecule has 5 nitrogen and oxygen atoms in total. The van der Waals surface area contributed by atoms with E-state index < -0.39 is 11.7 Å². The lowest BCUT2D eigenvalue weighted by atomic mass is 9.77. The van der Waals surface area contributed by atoms with Gasteiger partial charge in [0.05, 0.1) is 18.7 Å². The third kappa shape index (κ3) is 4.52. The van der Waals surface area contributed by atoms with E-state index in [0.717, 1.165) is 25.8 Å². The summed E-state index contributed by atoms with van der Waals surface area (Å²) in [6, 6.07) is 8.80. The Kier molecular flexibility index (Phi) is 6.57. The van der Waals surface area contributed by atoms with E-state index in [0.29, 0.717) is 18.8 Å². The van der Waals surface area contributed by atoms with Crippen LogP contribution in [0.1, 0.15) is 75.0 Å². The SMILES string of the molecule is O=C(CNCC1(O)CCCCC1O)N1CCc2ccccc2C1C1CCCCC1. The number of carbonyl (C=O) groups is 1. The summed E-state index contributed by atoms with van der Waals surface area (Å²) in [6.07, 6.45) is 9.54. The van der Waals surface area contributed by atoms with Crippen molar-refractivity contribution in [3.63, 3.8) is 0 Å². The minimum absolute atomic E-state index is 0.115. The highest BCUT2D eigenvalue weighted by molar-refractivity contribution is 5.79. The van der Waals surface area contributed by atoms with Gasteiger partial charge in [0.2, 0.25) is 5.91 Å². The molecule has 0 aromatic heterocycles. The number of carbonyl (C=O) groups excluding carboxylic acids is 1. The van der Waals surface area contributed by atoms with Crippen molar-refractivity contribution in [3.8, 4) is 0 Å². The zero-order valence-corrected chi connectivity index (χ0v) is 17.5. The van der Waals surface area contributed by atoms with Gasteiger partial charge in [-0.1, -0.05) is 56.4 Å². The maximum atomic E-state index is 13.2. The van der Waals surface area contributed by atoms with Gasteiger partial charge in [-0.15, -0.1) is 0 Å². The summed E-state index contributed by atoms with van der Waals surface area (Å²) in [5.74, 6) is 0.655. The Hall–Kier alpha value is -1.43. The van der Waals surface area contributed by atoms with Crippen molar-refractivity contribution in [3.05, 3.63) is 35.4 Å². The fraction of sp³-hybridized carbons (Fsp3) is 0.708. The molecule has 1 amide bonds. The molecule has 0 radical (unpaired) electrons. The second-order valence-corrected chi connectivity index (χ2v) is 9.35. The highest BCUT2D eigenvalue weighted by Crippen LogP contribution is 2.42. The molecule has 3 unspecified atom stereocenters. The van der Waals surface area contributed by atoms with Crippen LogP contribution in [-0.4, -0.2) is 52.4 Å². The summed E-state index contributed by atoms with van der Waals surface area (Å²) in [5, 5.41) is 24.1.